The minimum absolute atomic E-state index is 0.334. The van der Waals surface area contributed by atoms with Crippen molar-refractivity contribution < 1.29 is 28.3 Å². The highest BCUT2D eigenvalue weighted by Gasteiger charge is 2.24. The van der Waals surface area contributed by atoms with Crippen LogP contribution in [0.1, 0.15) is 0 Å². The van der Waals surface area contributed by atoms with Gasteiger partial charge in [0.2, 0.25) is 0 Å². The Balaban J connectivity index is 2.22. The van der Waals surface area contributed by atoms with Gasteiger partial charge >= 0.3 is 11.9 Å². The molecular weight excluding hydrogens is 238 g/mol. The molecule has 0 amide bonds. The van der Waals surface area contributed by atoms with Crippen LogP contribution in [0.4, 0.5) is 0 Å². The van der Waals surface area contributed by atoms with E-state index >= 15 is 0 Å². The van der Waals surface area contributed by atoms with Crippen molar-refractivity contribution in [3.8, 4) is 0 Å². The Bertz CT molecular complexity index is 320. The zero-order valence-electron chi connectivity index (χ0n) is 10.9. The van der Waals surface area contributed by atoms with Gasteiger partial charge in [-0.1, -0.05) is 0 Å². The normalized spacial score (nSPS) is 18.6. The molecule has 18 heavy (non-hydrogen) atoms. The zero-order chi connectivity index (χ0) is 13.4. The van der Waals surface area contributed by atoms with Gasteiger partial charge in [0.05, 0.1) is 27.4 Å². The molecule has 0 unspecified atom stereocenters. The molecule has 6 nitrogen and oxygen atoms in total. The molecule has 1 aliphatic heterocycles. The standard InChI is InChI=1S/C12H20NO5/c1-13(5-8-17-9-6-13)7-10-18-12(15)4-3-11(14)16-2/h3-4H,5-10H2,1-2H3/q+1/b4-3+. The Hall–Kier alpha value is -1.40. The minimum Gasteiger partial charge on any atom is -0.466 e. The van der Waals surface area contributed by atoms with E-state index in [1.165, 1.54) is 7.11 Å². The van der Waals surface area contributed by atoms with Crippen LogP contribution in [-0.4, -0.2) is 70.0 Å². The molecule has 0 radical (unpaired) electrons. The highest BCUT2D eigenvalue weighted by molar-refractivity contribution is 5.91. The molecule has 0 N–H and O–H groups in total. The average Bonchev–Trinajstić information content (AvgIpc) is 2.36. The second-order valence-electron chi connectivity index (χ2n) is 4.43. The quantitative estimate of drug-likeness (QED) is 0.386. The van der Waals surface area contributed by atoms with Gasteiger partial charge in [-0.2, -0.15) is 0 Å². The van der Waals surface area contributed by atoms with E-state index in [-0.39, 0.29) is 0 Å². The summed E-state index contributed by atoms with van der Waals surface area (Å²) in [6.07, 6.45) is 2.12. The number of esters is 2. The van der Waals surface area contributed by atoms with Gasteiger partial charge in [0.1, 0.15) is 26.2 Å². The number of hydrogen-bond acceptors (Lipinski definition) is 5. The maximum atomic E-state index is 11.3. The topological polar surface area (TPSA) is 61.8 Å². The molecule has 1 fully saturated rings. The molecule has 1 aliphatic rings. The Kier molecular flexibility index (Phi) is 5.80. The number of ether oxygens (including phenoxy) is 3. The molecule has 1 heterocycles. The smallest absolute Gasteiger partial charge is 0.331 e. The number of carbonyl (C=O) groups is 2. The summed E-state index contributed by atoms with van der Waals surface area (Å²) in [5, 5.41) is 0. The summed E-state index contributed by atoms with van der Waals surface area (Å²) in [6, 6.07) is 0. The van der Waals surface area contributed by atoms with Crippen LogP contribution in [0.3, 0.4) is 0 Å². The van der Waals surface area contributed by atoms with Crippen LogP contribution in [0, 0.1) is 0 Å². The Morgan fingerprint density at radius 1 is 1.22 bits per heavy atom. The lowest BCUT2D eigenvalue weighted by molar-refractivity contribution is -0.917. The lowest BCUT2D eigenvalue weighted by atomic mass is 10.3. The van der Waals surface area contributed by atoms with E-state index in [2.05, 4.69) is 11.8 Å². The van der Waals surface area contributed by atoms with Gasteiger partial charge in [-0.05, 0) is 0 Å². The summed E-state index contributed by atoms with van der Waals surface area (Å²) in [4.78, 5) is 22.0. The van der Waals surface area contributed by atoms with Crippen molar-refractivity contribution in [1.82, 2.24) is 0 Å². The highest BCUT2D eigenvalue weighted by Crippen LogP contribution is 2.06. The van der Waals surface area contributed by atoms with E-state index < -0.39 is 11.9 Å². The first-order valence-electron chi connectivity index (χ1n) is 5.90. The van der Waals surface area contributed by atoms with E-state index in [9.17, 15) is 9.59 Å². The number of quaternary nitrogens is 1. The minimum atomic E-state index is -0.570. The van der Waals surface area contributed by atoms with Gasteiger partial charge in [0.15, 0.2) is 0 Å². The highest BCUT2D eigenvalue weighted by atomic mass is 16.5. The molecule has 0 aromatic heterocycles. The molecule has 0 saturated carbocycles. The van der Waals surface area contributed by atoms with Crippen molar-refractivity contribution >= 4 is 11.9 Å². The van der Waals surface area contributed by atoms with Crippen LogP contribution in [-0.2, 0) is 23.8 Å². The largest absolute Gasteiger partial charge is 0.466 e. The van der Waals surface area contributed by atoms with Crippen molar-refractivity contribution in [2.45, 2.75) is 0 Å². The summed E-state index contributed by atoms with van der Waals surface area (Å²) in [6.45, 7) is 4.42. The third-order valence-electron chi connectivity index (χ3n) is 2.98. The average molecular weight is 258 g/mol. The van der Waals surface area contributed by atoms with Crippen molar-refractivity contribution in [2.24, 2.45) is 0 Å². The molecule has 1 saturated heterocycles. The van der Waals surface area contributed by atoms with Gasteiger partial charge in [0, 0.05) is 12.2 Å². The van der Waals surface area contributed by atoms with Gasteiger partial charge in [-0.25, -0.2) is 9.59 Å². The number of hydrogen-bond donors (Lipinski definition) is 0. The molecule has 0 atom stereocenters. The fraction of sp³-hybridized carbons (Fsp3) is 0.667. The third-order valence-corrected chi connectivity index (χ3v) is 2.98. The molecule has 1 rings (SSSR count). The number of methoxy groups -OCH3 is 1. The number of carbonyl (C=O) groups excluding carboxylic acids is 2. The van der Waals surface area contributed by atoms with E-state index in [0.717, 1.165) is 49.5 Å². The van der Waals surface area contributed by atoms with Gasteiger partial charge < -0.3 is 18.7 Å². The Morgan fingerprint density at radius 3 is 2.44 bits per heavy atom. The first-order valence-corrected chi connectivity index (χ1v) is 5.90. The molecule has 6 heteroatoms. The van der Waals surface area contributed by atoms with E-state index in [1.807, 2.05) is 0 Å². The second-order valence-corrected chi connectivity index (χ2v) is 4.43. The van der Waals surface area contributed by atoms with Crippen LogP contribution in [0.25, 0.3) is 0 Å². The fourth-order valence-corrected chi connectivity index (χ4v) is 1.63. The summed E-state index contributed by atoms with van der Waals surface area (Å²) < 4.78 is 15.5. The van der Waals surface area contributed by atoms with Crippen molar-refractivity contribution in [3.05, 3.63) is 12.2 Å². The summed E-state index contributed by atoms with van der Waals surface area (Å²) in [5.41, 5.74) is 0. The number of morpholine rings is 1. The maximum Gasteiger partial charge on any atom is 0.331 e. The molecule has 0 spiro atoms. The Morgan fingerprint density at radius 2 is 1.83 bits per heavy atom. The van der Waals surface area contributed by atoms with Gasteiger partial charge in [-0.3, -0.25) is 0 Å². The van der Waals surface area contributed by atoms with E-state index in [0.29, 0.717) is 6.61 Å². The van der Waals surface area contributed by atoms with Gasteiger partial charge in [0.25, 0.3) is 0 Å². The van der Waals surface area contributed by atoms with Crippen molar-refractivity contribution in [3.63, 3.8) is 0 Å². The second kappa shape index (κ2) is 7.13. The molecule has 0 aliphatic carbocycles. The van der Waals surface area contributed by atoms with E-state index in [1.54, 1.807) is 0 Å². The number of rotatable bonds is 5. The first kappa shape index (κ1) is 14.7. The van der Waals surface area contributed by atoms with Gasteiger partial charge in [-0.15, -0.1) is 0 Å². The van der Waals surface area contributed by atoms with Crippen LogP contribution in [0.5, 0.6) is 0 Å². The van der Waals surface area contributed by atoms with Crippen LogP contribution in [0.15, 0.2) is 12.2 Å². The Labute approximate surface area is 107 Å². The lowest BCUT2D eigenvalue weighted by Gasteiger charge is -2.37. The molecule has 0 aromatic carbocycles. The molecule has 102 valence electrons. The third kappa shape index (κ3) is 5.29. The number of likely N-dealkylation sites (N-methyl/N-ethyl adjacent to an activating group) is 1. The molecular formula is C12H20NO5+. The predicted octanol–water partition coefficient (Wildman–Crippen LogP) is -0.264. The first-order chi connectivity index (χ1) is 8.56. The van der Waals surface area contributed by atoms with Crippen LogP contribution >= 0.6 is 0 Å². The SMILES string of the molecule is COC(=O)/C=C/C(=O)OCC[N+]1(C)CCOCC1. The maximum absolute atomic E-state index is 11.3. The lowest BCUT2D eigenvalue weighted by Crippen LogP contribution is -2.53. The van der Waals surface area contributed by atoms with Crippen LogP contribution < -0.4 is 0 Å². The van der Waals surface area contributed by atoms with Crippen LogP contribution in [0.2, 0.25) is 0 Å². The summed E-state index contributed by atoms with van der Waals surface area (Å²) in [7, 11) is 3.36. The summed E-state index contributed by atoms with van der Waals surface area (Å²) in [5.74, 6) is -1.10. The van der Waals surface area contributed by atoms with E-state index in [4.69, 9.17) is 9.47 Å². The monoisotopic (exact) mass is 258 g/mol. The zero-order valence-corrected chi connectivity index (χ0v) is 10.9. The number of nitrogens with zero attached hydrogens (tertiary/aromatic N) is 1. The summed E-state index contributed by atoms with van der Waals surface area (Å²) >= 11 is 0. The predicted molar refractivity (Wildman–Crippen MR) is 63.7 cm³/mol. The molecule has 0 bridgehead atoms. The molecule has 0 aromatic rings. The fourth-order valence-electron chi connectivity index (χ4n) is 1.63. The van der Waals surface area contributed by atoms with Crippen molar-refractivity contribution in [1.29, 1.82) is 0 Å². The van der Waals surface area contributed by atoms with Crippen molar-refractivity contribution in [2.75, 3.05) is 53.6 Å².